The second kappa shape index (κ2) is 12.0. The lowest BCUT2D eigenvalue weighted by molar-refractivity contribution is 0.546. The van der Waals surface area contributed by atoms with E-state index < -0.39 is 0 Å². The Morgan fingerprint density at radius 2 is 1.25 bits per heavy atom. The predicted molar refractivity (Wildman–Crippen MR) is 106 cm³/mol. The standard InChI is InChI=1S/C22H36N2/c1-5-10-18(11-6-2)20-14-9-15-21(22(20)16-17-24-23)19(12-7-3)13-8-4/h9,14-19,23H,5-8,10-13H2,1-4H3. The topological polar surface area (TPSA) is 36.2 Å². The second-order valence-electron chi connectivity index (χ2n) is 6.84. The Kier molecular flexibility index (Phi) is 10.3. The van der Waals surface area contributed by atoms with Gasteiger partial charge in [0.15, 0.2) is 0 Å². The molecule has 134 valence electrons. The van der Waals surface area contributed by atoms with Crippen molar-refractivity contribution in [2.24, 2.45) is 5.11 Å². The van der Waals surface area contributed by atoms with Gasteiger partial charge in [0.05, 0.1) is 0 Å². The smallest absolute Gasteiger partial charge is 0.0494 e. The largest absolute Gasteiger partial charge is 0.205 e. The highest BCUT2D eigenvalue weighted by molar-refractivity contribution is 5.60. The van der Waals surface area contributed by atoms with Gasteiger partial charge in [-0.1, -0.05) is 71.6 Å². The molecule has 0 saturated heterocycles. The van der Waals surface area contributed by atoms with Crippen LogP contribution in [0.3, 0.4) is 0 Å². The molecule has 0 fully saturated rings. The Hall–Kier alpha value is -1.44. The van der Waals surface area contributed by atoms with Gasteiger partial charge in [-0.05, 0) is 60.3 Å². The molecule has 2 nitrogen and oxygen atoms in total. The molecule has 1 aromatic carbocycles. The van der Waals surface area contributed by atoms with Crippen LogP contribution in [0.5, 0.6) is 0 Å². The molecular weight excluding hydrogens is 292 g/mol. The van der Waals surface area contributed by atoms with Crippen molar-refractivity contribution in [3.63, 3.8) is 0 Å². The zero-order valence-corrected chi connectivity index (χ0v) is 16.1. The molecular formula is C22H36N2. The van der Waals surface area contributed by atoms with E-state index in [-0.39, 0.29) is 0 Å². The van der Waals surface area contributed by atoms with E-state index in [4.69, 9.17) is 5.53 Å². The molecule has 0 aromatic heterocycles. The molecule has 0 saturated carbocycles. The number of rotatable bonds is 12. The number of benzene rings is 1. The molecule has 2 heteroatoms. The van der Waals surface area contributed by atoms with Crippen LogP contribution in [-0.2, 0) is 0 Å². The van der Waals surface area contributed by atoms with E-state index in [1.807, 2.05) is 0 Å². The summed E-state index contributed by atoms with van der Waals surface area (Å²) in [6, 6.07) is 6.85. The minimum Gasteiger partial charge on any atom is -0.205 e. The van der Waals surface area contributed by atoms with Gasteiger partial charge in [-0.2, -0.15) is 5.11 Å². The normalized spacial score (nSPS) is 11.8. The summed E-state index contributed by atoms with van der Waals surface area (Å²) in [7, 11) is 0. The summed E-state index contributed by atoms with van der Waals surface area (Å²) >= 11 is 0. The molecule has 24 heavy (non-hydrogen) atoms. The van der Waals surface area contributed by atoms with Crippen LogP contribution in [0.1, 0.15) is 108 Å². The van der Waals surface area contributed by atoms with Crippen molar-refractivity contribution < 1.29 is 0 Å². The molecule has 0 amide bonds. The summed E-state index contributed by atoms with van der Waals surface area (Å²) in [4.78, 5) is 0. The van der Waals surface area contributed by atoms with Crippen LogP contribution in [-0.4, -0.2) is 0 Å². The van der Waals surface area contributed by atoms with E-state index in [1.165, 1.54) is 68.1 Å². The molecule has 0 aliphatic heterocycles. The summed E-state index contributed by atoms with van der Waals surface area (Å²) < 4.78 is 0. The highest BCUT2D eigenvalue weighted by Gasteiger charge is 2.19. The maximum Gasteiger partial charge on any atom is 0.0494 e. The third-order valence-corrected chi connectivity index (χ3v) is 4.92. The fourth-order valence-electron chi connectivity index (χ4n) is 3.92. The SMILES string of the molecule is CCCC(CCC)c1cccc(C(CCC)CCC)c1C=CN=N. The Balaban J connectivity index is 3.39. The van der Waals surface area contributed by atoms with Gasteiger partial charge in [-0.25, -0.2) is 5.53 Å². The lowest BCUT2D eigenvalue weighted by atomic mass is 9.80. The Bertz CT molecular complexity index is 458. The van der Waals surface area contributed by atoms with Crippen LogP contribution in [0.15, 0.2) is 29.5 Å². The van der Waals surface area contributed by atoms with Gasteiger partial charge in [0, 0.05) is 6.20 Å². The van der Waals surface area contributed by atoms with Gasteiger partial charge >= 0.3 is 0 Å². The first-order valence-electron chi connectivity index (χ1n) is 9.89. The van der Waals surface area contributed by atoms with Crippen LogP contribution < -0.4 is 0 Å². The molecule has 0 radical (unpaired) electrons. The molecule has 0 atom stereocenters. The van der Waals surface area contributed by atoms with Crippen molar-refractivity contribution >= 4 is 6.08 Å². The molecule has 0 aliphatic carbocycles. The van der Waals surface area contributed by atoms with Gasteiger partial charge in [0.25, 0.3) is 0 Å². The summed E-state index contributed by atoms with van der Waals surface area (Å²) in [5.74, 6) is 1.24. The first-order chi connectivity index (χ1) is 11.7. The van der Waals surface area contributed by atoms with Crippen LogP contribution in [0, 0.1) is 5.53 Å². The fourth-order valence-corrected chi connectivity index (χ4v) is 3.92. The van der Waals surface area contributed by atoms with E-state index in [9.17, 15) is 0 Å². The highest BCUT2D eigenvalue weighted by Crippen LogP contribution is 2.37. The van der Waals surface area contributed by atoms with E-state index in [0.29, 0.717) is 11.8 Å². The number of hydrogen-bond donors (Lipinski definition) is 1. The minimum atomic E-state index is 0.620. The van der Waals surface area contributed by atoms with Crippen LogP contribution in [0.2, 0.25) is 0 Å². The van der Waals surface area contributed by atoms with E-state index >= 15 is 0 Å². The first kappa shape index (κ1) is 20.6. The van der Waals surface area contributed by atoms with Crippen LogP contribution in [0.25, 0.3) is 6.08 Å². The van der Waals surface area contributed by atoms with E-state index in [0.717, 1.165) is 0 Å². The first-order valence-corrected chi connectivity index (χ1v) is 9.89. The van der Waals surface area contributed by atoms with Crippen LogP contribution >= 0.6 is 0 Å². The van der Waals surface area contributed by atoms with Crippen LogP contribution in [0.4, 0.5) is 0 Å². The average molecular weight is 329 g/mol. The lowest BCUT2D eigenvalue weighted by Gasteiger charge is -2.24. The van der Waals surface area contributed by atoms with Gasteiger partial charge in [-0.15, -0.1) is 0 Å². The number of hydrogen-bond acceptors (Lipinski definition) is 2. The molecule has 1 aromatic rings. The molecule has 0 spiro atoms. The molecule has 0 heterocycles. The van der Waals surface area contributed by atoms with Gasteiger partial charge in [0.1, 0.15) is 0 Å². The lowest BCUT2D eigenvalue weighted by Crippen LogP contribution is -2.07. The van der Waals surface area contributed by atoms with Crippen molar-refractivity contribution in [3.8, 4) is 0 Å². The fraction of sp³-hybridized carbons (Fsp3) is 0.636. The monoisotopic (exact) mass is 328 g/mol. The third-order valence-electron chi connectivity index (χ3n) is 4.92. The maximum atomic E-state index is 7.17. The number of nitrogens with zero attached hydrogens (tertiary/aromatic N) is 1. The summed E-state index contributed by atoms with van der Waals surface area (Å²) in [6.07, 6.45) is 13.5. The predicted octanol–water partition coefficient (Wildman–Crippen LogP) is 8.06. The van der Waals surface area contributed by atoms with E-state index in [1.54, 1.807) is 6.20 Å². The summed E-state index contributed by atoms with van der Waals surface area (Å²) in [6.45, 7) is 9.10. The second-order valence-corrected chi connectivity index (χ2v) is 6.84. The Morgan fingerprint density at radius 3 is 1.58 bits per heavy atom. The Labute approximate surface area is 149 Å². The summed E-state index contributed by atoms with van der Waals surface area (Å²) in [5.41, 5.74) is 11.4. The quantitative estimate of drug-likeness (QED) is 0.377. The highest BCUT2D eigenvalue weighted by atomic mass is 14.9. The molecule has 0 unspecified atom stereocenters. The molecule has 0 aliphatic rings. The van der Waals surface area contributed by atoms with E-state index in [2.05, 4.69) is 57.1 Å². The average Bonchev–Trinajstić information content (AvgIpc) is 2.59. The maximum absolute atomic E-state index is 7.17. The van der Waals surface area contributed by atoms with Crippen molar-refractivity contribution in [2.75, 3.05) is 0 Å². The Morgan fingerprint density at radius 1 is 0.833 bits per heavy atom. The molecule has 1 rings (SSSR count). The summed E-state index contributed by atoms with van der Waals surface area (Å²) in [5, 5.41) is 3.49. The minimum absolute atomic E-state index is 0.620. The number of nitrogens with one attached hydrogen (secondary N) is 1. The van der Waals surface area contributed by atoms with Crippen molar-refractivity contribution in [3.05, 3.63) is 41.1 Å². The van der Waals surface area contributed by atoms with Gasteiger partial charge in [-0.3, -0.25) is 0 Å². The molecule has 1 N–H and O–H groups in total. The molecule has 0 bridgehead atoms. The zero-order valence-electron chi connectivity index (χ0n) is 16.1. The van der Waals surface area contributed by atoms with Crippen molar-refractivity contribution in [2.45, 2.75) is 90.9 Å². The van der Waals surface area contributed by atoms with Crippen molar-refractivity contribution in [1.29, 1.82) is 5.53 Å². The van der Waals surface area contributed by atoms with Gasteiger partial charge < -0.3 is 0 Å². The van der Waals surface area contributed by atoms with Gasteiger partial charge in [0.2, 0.25) is 0 Å². The zero-order chi connectivity index (χ0) is 17.8. The van der Waals surface area contributed by atoms with Crippen molar-refractivity contribution in [1.82, 2.24) is 0 Å². The third kappa shape index (κ3) is 5.89.